The molecule has 1 aromatic heterocycles. The molecule has 51 heavy (non-hydrogen) atoms. The highest BCUT2D eigenvalue weighted by atomic mass is 16.7. The van der Waals surface area contributed by atoms with Gasteiger partial charge in [0.1, 0.15) is 23.5 Å². The van der Waals surface area contributed by atoms with Gasteiger partial charge in [-0.25, -0.2) is 14.4 Å². The van der Waals surface area contributed by atoms with Gasteiger partial charge < -0.3 is 32.8 Å². The Bertz CT molecular complexity index is 2020. The molecule has 4 bridgehead atoms. The van der Waals surface area contributed by atoms with Crippen LogP contribution in [0.1, 0.15) is 111 Å². The molecule has 2 aliphatic carbocycles. The number of ether oxygens (including phenoxy) is 6. The molecule has 3 aliphatic heterocycles. The van der Waals surface area contributed by atoms with Crippen molar-refractivity contribution in [1.29, 1.82) is 0 Å². The average molecular weight is 709 g/mol. The zero-order valence-corrected chi connectivity index (χ0v) is 30.7. The van der Waals surface area contributed by atoms with E-state index in [1.165, 1.54) is 6.92 Å². The van der Waals surface area contributed by atoms with Gasteiger partial charge in [0, 0.05) is 23.1 Å². The minimum atomic E-state index is -1.65. The van der Waals surface area contributed by atoms with Crippen molar-refractivity contribution in [2.75, 3.05) is 0 Å². The zero-order chi connectivity index (χ0) is 37.5. The fourth-order valence-corrected chi connectivity index (χ4v) is 9.16. The first kappa shape index (κ1) is 35.0. The van der Waals surface area contributed by atoms with E-state index in [1.54, 1.807) is 74.4 Å². The van der Waals surface area contributed by atoms with Crippen LogP contribution >= 0.6 is 0 Å². The van der Waals surface area contributed by atoms with E-state index in [1.807, 2.05) is 0 Å². The van der Waals surface area contributed by atoms with Crippen molar-refractivity contribution in [1.82, 2.24) is 0 Å². The van der Waals surface area contributed by atoms with Crippen LogP contribution in [0, 0.1) is 28.6 Å². The fourth-order valence-electron chi connectivity index (χ4n) is 9.16. The molecule has 0 radical (unpaired) electrons. The summed E-state index contributed by atoms with van der Waals surface area (Å²) in [6.45, 7) is 16.6. The topological polar surface area (TPSA) is 171 Å². The predicted octanol–water partition coefficient (Wildman–Crippen LogP) is 5.08. The summed E-state index contributed by atoms with van der Waals surface area (Å²) in [5.74, 6) is -3.06. The molecule has 2 saturated heterocycles. The second kappa shape index (κ2) is 10.3. The van der Waals surface area contributed by atoms with Gasteiger partial charge in [0.25, 0.3) is 0 Å². The molecular formula is C38H44O13. The smallest absolute Gasteiger partial charge is 0.351 e. The van der Waals surface area contributed by atoms with Crippen LogP contribution in [-0.2, 0) is 54.3 Å². The standard InChI is InChI=1S/C38H44O13/c1-18-20-11-12-22-23(24(20)46-27(40)21(18)17-45-19(2)39)25(47-30(43)37-15-13-35(9,28(41)50-37)33(37,5)6)26(32(3,4)49-22)48-31(44)38-16-14-36(10,29(42)51-38)34(38,7)8/h11-12,25-26H,13-17H2,1-10H3/t25-,26-,35-,36-,37-,38-/m1/s1. The van der Waals surface area contributed by atoms with E-state index in [-0.39, 0.29) is 41.9 Å². The largest absolute Gasteiger partial charge is 0.483 e. The number of esters is 5. The summed E-state index contributed by atoms with van der Waals surface area (Å²) >= 11 is 0. The van der Waals surface area contributed by atoms with Crippen molar-refractivity contribution >= 4 is 40.8 Å². The first-order valence-electron chi connectivity index (χ1n) is 17.3. The summed E-state index contributed by atoms with van der Waals surface area (Å²) in [5.41, 5.74) is -8.50. The number of aryl methyl sites for hydroxylation is 1. The van der Waals surface area contributed by atoms with Crippen molar-refractivity contribution < 1.29 is 56.8 Å². The molecule has 13 heteroatoms. The van der Waals surface area contributed by atoms with Gasteiger partial charge in [-0.05, 0) is 78.0 Å². The molecule has 1 aromatic carbocycles. The molecule has 7 rings (SSSR count). The fraction of sp³-hybridized carbons (Fsp3) is 0.632. The van der Waals surface area contributed by atoms with Gasteiger partial charge in [-0.1, -0.05) is 27.7 Å². The third kappa shape index (κ3) is 4.14. The van der Waals surface area contributed by atoms with Gasteiger partial charge in [-0.15, -0.1) is 0 Å². The first-order valence-corrected chi connectivity index (χ1v) is 17.3. The minimum absolute atomic E-state index is 0.00610. The summed E-state index contributed by atoms with van der Waals surface area (Å²) in [6.07, 6.45) is -1.59. The second-order valence-corrected chi connectivity index (χ2v) is 16.8. The lowest BCUT2D eigenvalue weighted by molar-refractivity contribution is -0.217. The molecule has 4 heterocycles. The maximum Gasteiger partial charge on any atom is 0.351 e. The minimum Gasteiger partial charge on any atom is -0.483 e. The third-order valence-electron chi connectivity index (χ3n) is 13.8. The molecule has 13 nitrogen and oxygen atoms in total. The third-order valence-corrected chi connectivity index (χ3v) is 13.8. The van der Waals surface area contributed by atoms with Gasteiger partial charge in [0.15, 0.2) is 12.2 Å². The summed E-state index contributed by atoms with van der Waals surface area (Å²) in [4.78, 5) is 80.3. The van der Waals surface area contributed by atoms with Crippen molar-refractivity contribution in [3.05, 3.63) is 39.2 Å². The normalized spacial score (nSPS) is 34.7. The van der Waals surface area contributed by atoms with Crippen molar-refractivity contribution in [2.24, 2.45) is 21.7 Å². The maximum atomic E-state index is 14.6. The molecule has 5 aliphatic rings. The van der Waals surface area contributed by atoms with E-state index >= 15 is 0 Å². The Morgan fingerprint density at radius 1 is 0.765 bits per heavy atom. The Balaban J connectivity index is 1.38. The summed E-state index contributed by atoms with van der Waals surface area (Å²) < 4.78 is 41.9. The van der Waals surface area contributed by atoms with E-state index in [2.05, 4.69) is 0 Å². The number of benzene rings is 1. The Morgan fingerprint density at radius 2 is 1.29 bits per heavy atom. The molecular weight excluding hydrogens is 664 g/mol. The van der Waals surface area contributed by atoms with Crippen LogP contribution in [0.2, 0.25) is 0 Å². The first-order chi connectivity index (χ1) is 23.5. The molecule has 6 atom stereocenters. The molecule has 2 aromatic rings. The highest BCUT2D eigenvalue weighted by Crippen LogP contribution is 2.67. The highest BCUT2D eigenvalue weighted by Gasteiger charge is 2.78. The van der Waals surface area contributed by atoms with E-state index in [4.69, 9.17) is 32.8 Å². The average Bonchev–Trinajstić information content (AvgIpc) is 3.49. The number of hydrogen-bond donors (Lipinski definition) is 0. The van der Waals surface area contributed by atoms with Crippen molar-refractivity contribution in [3.63, 3.8) is 0 Å². The maximum absolute atomic E-state index is 14.6. The summed E-state index contributed by atoms with van der Waals surface area (Å²) in [7, 11) is 0. The van der Waals surface area contributed by atoms with Gasteiger partial charge in [-0.2, -0.15) is 0 Å². The van der Waals surface area contributed by atoms with Crippen LogP contribution in [-0.4, -0.2) is 52.8 Å². The van der Waals surface area contributed by atoms with E-state index in [9.17, 15) is 28.8 Å². The SMILES string of the molecule is CC(=O)OCc1c(C)c2ccc3c(c2oc1=O)[C@@H](OC(=O)[C@@]12CC[C@](C)(C(=O)O1)C2(C)C)[C@@H](OC(=O)[C@@]12CC[C@](C)(C(=O)O1)C2(C)C)C(C)(C)O3. The molecule has 274 valence electrons. The van der Waals surface area contributed by atoms with Gasteiger partial charge in [-0.3, -0.25) is 14.4 Å². The zero-order valence-electron chi connectivity index (χ0n) is 30.7. The lowest BCUT2D eigenvalue weighted by Gasteiger charge is -2.45. The van der Waals surface area contributed by atoms with Crippen LogP contribution in [0.4, 0.5) is 0 Å². The Labute approximate surface area is 294 Å². The molecule has 0 unspecified atom stereocenters. The Kier molecular flexibility index (Phi) is 7.10. The molecule has 0 amide bonds. The van der Waals surface area contributed by atoms with Gasteiger partial charge in [0.2, 0.25) is 11.2 Å². The molecule has 4 fully saturated rings. The van der Waals surface area contributed by atoms with Crippen LogP contribution in [0.15, 0.2) is 21.3 Å². The monoisotopic (exact) mass is 708 g/mol. The highest BCUT2D eigenvalue weighted by molar-refractivity contribution is 5.95. The van der Waals surface area contributed by atoms with Crippen molar-refractivity contribution in [3.8, 4) is 5.75 Å². The number of rotatable bonds is 6. The Hall–Kier alpha value is -4.42. The Morgan fingerprint density at radius 3 is 1.76 bits per heavy atom. The van der Waals surface area contributed by atoms with Crippen LogP contribution < -0.4 is 10.4 Å². The number of fused-ring (bicyclic) bond motifs is 7. The van der Waals surface area contributed by atoms with Gasteiger partial charge >= 0.3 is 35.5 Å². The summed E-state index contributed by atoms with van der Waals surface area (Å²) in [6, 6.07) is 3.31. The lowest BCUT2D eigenvalue weighted by atomic mass is 9.66. The quantitative estimate of drug-likeness (QED) is 0.221. The second-order valence-electron chi connectivity index (χ2n) is 16.8. The van der Waals surface area contributed by atoms with Crippen molar-refractivity contribution in [2.45, 2.75) is 131 Å². The number of carbonyl (C=O) groups is 5. The van der Waals surface area contributed by atoms with Crippen LogP contribution in [0.5, 0.6) is 5.75 Å². The molecule has 2 saturated carbocycles. The molecule has 0 spiro atoms. The number of carbonyl (C=O) groups excluding carboxylic acids is 5. The van der Waals surface area contributed by atoms with E-state index < -0.39 is 86.1 Å². The lowest BCUT2D eigenvalue weighted by Crippen LogP contribution is -2.57. The van der Waals surface area contributed by atoms with Crippen LogP contribution in [0.25, 0.3) is 11.0 Å². The number of hydrogen-bond acceptors (Lipinski definition) is 13. The van der Waals surface area contributed by atoms with Gasteiger partial charge in [0.05, 0.1) is 22.0 Å². The van der Waals surface area contributed by atoms with E-state index in [0.29, 0.717) is 23.8 Å². The predicted molar refractivity (Wildman–Crippen MR) is 176 cm³/mol. The van der Waals surface area contributed by atoms with E-state index in [0.717, 1.165) is 0 Å². The summed E-state index contributed by atoms with van der Waals surface area (Å²) in [5, 5.41) is 0.431. The van der Waals surface area contributed by atoms with Crippen LogP contribution in [0.3, 0.4) is 0 Å². The molecule has 0 N–H and O–H groups in total.